The summed E-state index contributed by atoms with van der Waals surface area (Å²) in [6, 6.07) is 9.19. The molecule has 2 aliphatic heterocycles. The van der Waals surface area contributed by atoms with Crippen molar-refractivity contribution in [2.45, 2.75) is 17.9 Å². The van der Waals surface area contributed by atoms with Crippen molar-refractivity contribution in [3.63, 3.8) is 0 Å². The molecule has 0 saturated heterocycles. The van der Waals surface area contributed by atoms with E-state index in [0.717, 1.165) is 22.5 Å². The number of aromatic nitrogens is 2. The Balaban J connectivity index is 1.57. The number of hydrogen-bond acceptors (Lipinski definition) is 9. The van der Waals surface area contributed by atoms with Crippen LogP contribution in [-0.4, -0.2) is 44.6 Å². The monoisotopic (exact) mass is 491 g/mol. The van der Waals surface area contributed by atoms with Gasteiger partial charge in [0.05, 0.1) is 33.5 Å². The van der Waals surface area contributed by atoms with Gasteiger partial charge in [-0.1, -0.05) is 17.7 Å². The topological polar surface area (TPSA) is 98.7 Å². The maximum atomic E-state index is 12.4. The van der Waals surface area contributed by atoms with E-state index < -0.39 is 15.8 Å². The van der Waals surface area contributed by atoms with Crippen LogP contribution < -0.4 is 9.64 Å². The average molecular weight is 492 g/mol. The van der Waals surface area contributed by atoms with Crippen molar-refractivity contribution in [2.75, 3.05) is 25.2 Å². The van der Waals surface area contributed by atoms with Gasteiger partial charge in [-0.2, -0.15) is 0 Å². The van der Waals surface area contributed by atoms with Gasteiger partial charge < -0.3 is 14.4 Å². The van der Waals surface area contributed by atoms with E-state index in [2.05, 4.69) is 9.72 Å². The molecule has 0 saturated carbocycles. The van der Waals surface area contributed by atoms with Crippen molar-refractivity contribution in [3.05, 3.63) is 51.5 Å². The third-order valence-corrected chi connectivity index (χ3v) is 8.05. The number of esters is 1. The molecule has 0 spiro atoms. The number of anilines is 2. The van der Waals surface area contributed by atoms with Gasteiger partial charge >= 0.3 is 5.97 Å². The molecule has 0 atom stereocenters. The van der Waals surface area contributed by atoms with E-state index in [4.69, 9.17) is 21.3 Å². The molecule has 0 fully saturated rings. The Labute approximate surface area is 193 Å². The van der Waals surface area contributed by atoms with Crippen LogP contribution >= 0.6 is 22.9 Å². The normalized spacial score (nSPS) is 16.0. The molecule has 0 aliphatic carbocycles. The summed E-state index contributed by atoms with van der Waals surface area (Å²) < 4.78 is 35.6. The van der Waals surface area contributed by atoms with Crippen molar-refractivity contribution >= 4 is 50.2 Å². The van der Waals surface area contributed by atoms with Crippen LogP contribution in [0, 0.1) is 0 Å². The van der Waals surface area contributed by atoms with Gasteiger partial charge in [0.1, 0.15) is 11.6 Å². The fourth-order valence-electron chi connectivity index (χ4n) is 3.90. The number of hydrogen-bond donors (Lipinski definition) is 0. The molecule has 11 heteroatoms. The molecule has 0 bridgehead atoms. The van der Waals surface area contributed by atoms with Crippen molar-refractivity contribution in [2.24, 2.45) is 0 Å². The number of rotatable bonds is 5. The van der Waals surface area contributed by atoms with Gasteiger partial charge in [-0.15, -0.1) is 11.3 Å². The number of methoxy groups -OCH3 is 1. The molecule has 0 amide bonds. The van der Waals surface area contributed by atoms with E-state index in [-0.39, 0.29) is 18.1 Å². The van der Waals surface area contributed by atoms with Crippen molar-refractivity contribution < 1.29 is 22.7 Å². The van der Waals surface area contributed by atoms with Crippen molar-refractivity contribution in [1.29, 1.82) is 0 Å². The van der Waals surface area contributed by atoms with Gasteiger partial charge in [0.25, 0.3) is 0 Å². The minimum Gasteiger partial charge on any atom is -0.482 e. The molecule has 5 rings (SSSR count). The number of fused-ring (bicyclic) bond motifs is 2. The number of benzene rings is 1. The van der Waals surface area contributed by atoms with Crippen LogP contribution in [0.1, 0.15) is 16.8 Å². The van der Waals surface area contributed by atoms with Gasteiger partial charge in [0.15, 0.2) is 22.3 Å². The van der Waals surface area contributed by atoms with E-state index in [1.54, 1.807) is 12.1 Å². The van der Waals surface area contributed by atoms with E-state index in [0.29, 0.717) is 39.5 Å². The minimum atomic E-state index is -3.29. The van der Waals surface area contributed by atoms with E-state index in [1.165, 1.54) is 18.4 Å². The zero-order valence-electron chi connectivity index (χ0n) is 17.0. The Morgan fingerprint density at radius 3 is 2.81 bits per heavy atom. The van der Waals surface area contributed by atoms with E-state index in [9.17, 15) is 13.2 Å². The fraction of sp³-hybridized carbons (Fsp3) is 0.286. The molecule has 0 unspecified atom stereocenters. The summed E-state index contributed by atoms with van der Waals surface area (Å²) >= 11 is 7.44. The number of sulfone groups is 1. The molecule has 2 aromatic heterocycles. The Morgan fingerprint density at radius 2 is 2.06 bits per heavy atom. The Morgan fingerprint density at radius 1 is 1.22 bits per heavy atom. The highest BCUT2D eigenvalue weighted by Gasteiger charge is 2.34. The Bertz CT molecular complexity index is 1340. The first-order valence-electron chi connectivity index (χ1n) is 9.79. The molecule has 2 aliphatic rings. The molecular weight excluding hydrogens is 474 g/mol. The van der Waals surface area contributed by atoms with E-state index in [1.807, 2.05) is 23.1 Å². The van der Waals surface area contributed by atoms with Gasteiger partial charge in [-0.25, -0.2) is 23.2 Å². The highest BCUT2D eigenvalue weighted by molar-refractivity contribution is 7.90. The molecule has 8 nitrogen and oxygen atoms in total. The Hall–Kier alpha value is -2.69. The summed E-state index contributed by atoms with van der Waals surface area (Å²) in [5, 5.41) is 0. The standard InChI is InChI=1S/C21H18ClN3O5S2/c1-29-19(26)9-30-13-3-2-12-6-7-25(16(12)8-13)21-14-10-32(27,28)11-15(14)23-20(24-21)17-4-5-18(22)31-17/h2-5,8H,6-7,9-11H2,1H3. The Kier molecular flexibility index (Phi) is 5.31. The molecule has 166 valence electrons. The predicted octanol–water partition coefficient (Wildman–Crippen LogP) is 3.53. The zero-order valence-corrected chi connectivity index (χ0v) is 19.4. The van der Waals surface area contributed by atoms with Crippen molar-refractivity contribution in [1.82, 2.24) is 9.97 Å². The lowest BCUT2D eigenvalue weighted by molar-refractivity contribution is -0.142. The van der Waals surface area contributed by atoms with Crippen LogP contribution in [0.3, 0.4) is 0 Å². The van der Waals surface area contributed by atoms with Crippen LogP contribution in [0.4, 0.5) is 11.5 Å². The third kappa shape index (κ3) is 3.94. The maximum absolute atomic E-state index is 12.4. The van der Waals surface area contributed by atoms with Crippen molar-refractivity contribution in [3.8, 4) is 16.5 Å². The summed E-state index contributed by atoms with van der Waals surface area (Å²) in [5.41, 5.74) is 3.11. The summed E-state index contributed by atoms with van der Waals surface area (Å²) in [5.74, 6) is 0.893. The number of carbonyl (C=O) groups is 1. The number of ether oxygens (including phenoxy) is 2. The lowest BCUT2D eigenvalue weighted by Crippen LogP contribution is -2.18. The summed E-state index contributed by atoms with van der Waals surface area (Å²) in [4.78, 5) is 23.5. The number of thiophene rings is 1. The van der Waals surface area contributed by atoms with E-state index >= 15 is 0 Å². The van der Waals surface area contributed by atoms with Gasteiger partial charge in [-0.3, -0.25) is 0 Å². The second-order valence-electron chi connectivity index (χ2n) is 7.49. The lowest BCUT2D eigenvalue weighted by Gasteiger charge is -2.22. The van der Waals surface area contributed by atoms with Crippen LogP contribution in [0.2, 0.25) is 4.34 Å². The first-order valence-corrected chi connectivity index (χ1v) is 12.8. The first-order chi connectivity index (χ1) is 15.3. The highest BCUT2D eigenvalue weighted by Crippen LogP contribution is 2.42. The summed E-state index contributed by atoms with van der Waals surface area (Å²) in [7, 11) is -1.98. The SMILES string of the molecule is COC(=O)COc1ccc2c(c1)N(c1nc(-c3ccc(Cl)s3)nc3c1CS(=O)(=O)C3)CC2. The highest BCUT2D eigenvalue weighted by atomic mass is 35.5. The molecular formula is C21H18ClN3O5S2. The summed E-state index contributed by atoms with van der Waals surface area (Å²) in [6.07, 6.45) is 0.776. The van der Waals surface area contributed by atoms with Gasteiger partial charge in [0.2, 0.25) is 0 Å². The smallest absolute Gasteiger partial charge is 0.343 e. The minimum absolute atomic E-state index is 0.0898. The number of halogens is 1. The van der Waals surface area contributed by atoms with Crippen LogP contribution in [0.5, 0.6) is 5.75 Å². The predicted molar refractivity (Wildman–Crippen MR) is 121 cm³/mol. The second-order valence-corrected chi connectivity index (χ2v) is 11.3. The first kappa shape index (κ1) is 21.2. The third-order valence-electron chi connectivity index (χ3n) is 5.38. The van der Waals surface area contributed by atoms with Crippen LogP contribution in [-0.2, 0) is 37.3 Å². The molecule has 4 heterocycles. The molecule has 3 aromatic rings. The molecule has 0 radical (unpaired) electrons. The molecule has 1 aromatic carbocycles. The number of carbonyl (C=O) groups excluding carboxylic acids is 1. The maximum Gasteiger partial charge on any atom is 0.343 e. The second kappa shape index (κ2) is 8.02. The average Bonchev–Trinajstić information content (AvgIpc) is 3.46. The molecule has 0 N–H and O–H groups in total. The summed E-state index contributed by atoms with van der Waals surface area (Å²) in [6.45, 7) is 0.448. The quantitative estimate of drug-likeness (QED) is 0.500. The van der Waals surface area contributed by atoms with Gasteiger partial charge in [0, 0.05) is 23.9 Å². The number of nitrogens with zero attached hydrogens (tertiary/aromatic N) is 3. The lowest BCUT2D eigenvalue weighted by atomic mass is 10.1. The van der Waals surface area contributed by atoms with Gasteiger partial charge in [-0.05, 0) is 30.2 Å². The zero-order chi connectivity index (χ0) is 22.5. The largest absolute Gasteiger partial charge is 0.482 e. The fourth-order valence-corrected chi connectivity index (χ4v) is 6.37. The van der Waals surface area contributed by atoms with Crippen LogP contribution in [0.25, 0.3) is 10.7 Å². The molecule has 32 heavy (non-hydrogen) atoms. The van der Waals surface area contributed by atoms with Crippen LogP contribution in [0.15, 0.2) is 30.3 Å².